The molecule has 0 unspecified atom stereocenters. The van der Waals surface area contributed by atoms with Gasteiger partial charge in [-0.3, -0.25) is 0 Å². The molecule has 0 aliphatic rings. The summed E-state index contributed by atoms with van der Waals surface area (Å²) >= 11 is 0. The molecule has 0 amide bonds. The first kappa shape index (κ1) is 20.8. The monoisotopic (exact) mass is 303 g/mol. The fourth-order valence-electron chi connectivity index (χ4n) is 2.08. The number of hydrogen-bond donors (Lipinski definition) is 1. The molecule has 0 fully saturated rings. The highest BCUT2D eigenvalue weighted by Crippen LogP contribution is 1.87. The van der Waals surface area contributed by atoms with E-state index >= 15 is 0 Å². The van der Waals surface area contributed by atoms with Crippen LogP contribution in [0.2, 0.25) is 0 Å². The van der Waals surface area contributed by atoms with Crippen LogP contribution in [0.3, 0.4) is 0 Å². The van der Waals surface area contributed by atoms with E-state index in [1.807, 2.05) is 0 Å². The van der Waals surface area contributed by atoms with Crippen LogP contribution >= 0.6 is 0 Å². The molecule has 0 saturated heterocycles. The van der Waals surface area contributed by atoms with Crippen molar-refractivity contribution < 1.29 is 9.47 Å². The van der Waals surface area contributed by atoms with E-state index in [0.29, 0.717) is 0 Å². The van der Waals surface area contributed by atoms with E-state index in [2.05, 4.69) is 42.8 Å². The lowest BCUT2D eigenvalue weighted by atomic mass is 10.5. The predicted octanol–water partition coefficient (Wildman–Crippen LogP) is 1.29. The standard InChI is InChI=1S/C16H37N3O2/c1-5-18(6-2)11-15-20-13-9-17-10-14-21-16-12-19(7-3)8-4/h17H,5-16H2,1-4H3. The van der Waals surface area contributed by atoms with Crippen LogP contribution in [0.15, 0.2) is 0 Å². The average Bonchev–Trinajstić information content (AvgIpc) is 2.52. The summed E-state index contributed by atoms with van der Waals surface area (Å²) in [5.74, 6) is 0. The van der Waals surface area contributed by atoms with E-state index < -0.39 is 0 Å². The number of nitrogens with one attached hydrogen (secondary N) is 1. The van der Waals surface area contributed by atoms with Crippen LogP contribution in [0.1, 0.15) is 27.7 Å². The number of rotatable bonds is 16. The molecule has 0 aromatic carbocycles. The van der Waals surface area contributed by atoms with Crippen LogP contribution in [0.4, 0.5) is 0 Å². The maximum atomic E-state index is 5.60. The fourth-order valence-corrected chi connectivity index (χ4v) is 2.08. The third-order valence-corrected chi connectivity index (χ3v) is 3.74. The highest BCUT2D eigenvalue weighted by Gasteiger charge is 1.99. The Morgan fingerprint density at radius 2 is 1.00 bits per heavy atom. The Morgan fingerprint density at radius 1 is 0.619 bits per heavy atom. The zero-order valence-electron chi connectivity index (χ0n) is 14.7. The second-order valence-electron chi connectivity index (χ2n) is 5.03. The van der Waals surface area contributed by atoms with Gasteiger partial charge in [-0.2, -0.15) is 0 Å². The van der Waals surface area contributed by atoms with E-state index in [1.165, 1.54) is 0 Å². The van der Waals surface area contributed by atoms with E-state index in [-0.39, 0.29) is 0 Å². The van der Waals surface area contributed by atoms with Gasteiger partial charge in [0.1, 0.15) is 0 Å². The molecule has 0 aliphatic heterocycles. The van der Waals surface area contributed by atoms with Crippen LogP contribution in [0.25, 0.3) is 0 Å². The van der Waals surface area contributed by atoms with Crippen molar-refractivity contribution >= 4 is 0 Å². The number of ether oxygens (including phenoxy) is 2. The van der Waals surface area contributed by atoms with Gasteiger partial charge in [0.15, 0.2) is 0 Å². The first-order valence-corrected chi connectivity index (χ1v) is 8.59. The molecule has 0 heterocycles. The lowest BCUT2D eigenvalue weighted by Crippen LogP contribution is -2.30. The summed E-state index contributed by atoms with van der Waals surface area (Å²) in [6.45, 7) is 20.2. The molecule has 0 saturated carbocycles. The van der Waals surface area contributed by atoms with E-state index in [0.717, 1.165) is 78.8 Å². The third-order valence-electron chi connectivity index (χ3n) is 3.74. The van der Waals surface area contributed by atoms with Gasteiger partial charge < -0.3 is 24.6 Å². The molecule has 0 radical (unpaired) electrons. The topological polar surface area (TPSA) is 37.0 Å². The minimum Gasteiger partial charge on any atom is -0.379 e. The SMILES string of the molecule is CCN(CC)CCOCCNCCOCCN(CC)CC. The molecule has 5 heteroatoms. The Balaban J connectivity index is 3.15. The van der Waals surface area contributed by atoms with Gasteiger partial charge in [-0.15, -0.1) is 0 Å². The molecule has 0 rings (SSSR count). The summed E-state index contributed by atoms with van der Waals surface area (Å²) in [5.41, 5.74) is 0. The molecule has 0 spiro atoms. The largest absolute Gasteiger partial charge is 0.379 e. The van der Waals surface area contributed by atoms with Gasteiger partial charge in [0, 0.05) is 26.2 Å². The Kier molecular flexibility index (Phi) is 16.0. The summed E-state index contributed by atoms with van der Waals surface area (Å²) in [7, 11) is 0. The maximum Gasteiger partial charge on any atom is 0.0594 e. The molecule has 128 valence electrons. The molecule has 0 aromatic rings. The lowest BCUT2D eigenvalue weighted by molar-refractivity contribution is 0.0971. The second kappa shape index (κ2) is 16.2. The van der Waals surface area contributed by atoms with E-state index in [9.17, 15) is 0 Å². The zero-order valence-corrected chi connectivity index (χ0v) is 14.7. The summed E-state index contributed by atoms with van der Waals surface area (Å²) in [5, 5.41) is 3.34. The van der Waals surface area contributed by atoms with Crippen molar-refractivity contribution in [2.24, 2.45) is 0 Å². The molecule has 5 nitrogen and oxygen atoms in total. The number of nitrogens with zero attached hydrogens (tertiary/aromatic N) is 2. The van der Waals surface area contributed by atoms with Gasteiger partial charge in [-0.1, -0.05) is 27.7 Å². The Labute approximate surface area is 132 Å². The first-order valence-electron chi connectivity index (χ1n) is 8.59. The average molecular weight is 303 g/mol. The normalized spacial score (nSPS) is 11.7. The molecule has 1 N–H and O–H groups in total. The van der Waals surface area contributed by atoms with Gasteiger partial charge in [-0.25, -0.2) is 0 Å². The van der Waals surface area contributed by atoms with Crippen molar-refractivity contribution in [3.8, 4) is 0 Å². The molecular formula is C16H37N3O2. The van der Waals surface area contributed by atoms with Crippen molar-refractivity contribution in [2.75, 3.05) is 78.8 Å². The minimum absolute atomic E-state index is 0.778. The van der Waals surface area contributed by atoms with Gasteiger partial charge in [0.05, 0.1) is 26.4 Å². The Hall–Kier alpha value is -0.200. The van der Waals surface area contributed by atoms with Crippen molar-refractivity contribution in [3.05, 3.63) is 0 Å². The Bertz CT molecular complexity index is 178. The zero-order chi connectivity index (χ0) is 15.8. The summed E-state index contributed by atoms with van der Waals surface area (Å²) in [6, 6.07) is 0. The molecule has 0 aromatic heterocycles. The smallest absolute Gasteiger partial charge is 0.0594 e. The van der Waals surface area contributed by atoms with Crippen molar-refractivity contribution in [1.82, 2.24) is 15.1 Å². The highest BCUT2D eigenvalue weighted by atomic mass is 16.5. The second-order valence-corrected chi connectivity index (χ2v) is 5.03. The van der Waals surface area contributed by atoms with Crippen LogP contribution in [0, 0.1) is 0 Å². The fraction of sp³-hybridized carbons (Fsp3) is 1.00. The van der Waals surface area contributed by atoms with Crippen LogP contribution < -0.4 is 5.32 Å². The molecule has 21 heavy (non-hydrogen) atoms. The van der Waals surface area contributed by atoms with Crippen LogP contribution in [0.5, 0.6) is 0 Å². The predicted molar refractivity (Wildman–Crippen MR) is 90.1 cm³/mol. The maximum absolute atomic E-state index is 5.60. The van der Waals surface area contributed by atoms with Crippen LogP contribution in [-0.2, 0) is 9.47 Å². The first-order chi connectivity index (χ1) is 10.3. The van der Waals surface area contributed by atoms with Crippen molar-refractivity contribution in [2.45, 2.75) is 27.7 Å². The van der Waals surface area contributed by atoms with Gasteiger partial charge >= 0.3 is 0 Å². The summed E-state index contributed by atoms with van der Waals surface area (Å²) in [6.07, 6.45) is 0. The molecular weight excluding hydrogens is 266 g/mol. The van der Waals surface area contributed by atoms with E-state index in [4.69, 9.17) is 9.47 Å². The van der Waals surface area contributed by atoms with Crippen molar-refractivity contribution in [3.63, 3.8) is 0 Å². The minimum atomic E-state index is 0.778. The third kappa shape index (κ3) is 13.2. The van der Waals surface area contributed by atoms with Gasteiger partial charge in [-0.05, 0) is 26.2 Å². The van der Waals surface area contributed by atoms with Crippen LogP contribution in [-0.4, -0.2) is 88.6 Å². The van der Waals surface area contributed by atoms with E-state index in [1.54, 1.807) is 0 Å². The summed E-state index contributed by atoms with van der Waals surface area (Å²) < 4.78 is 11.2. The van der Waals surface area contributed by atoms with Gasteiger partial charge in [0.25, 0.3) is 0 Å². The summed E-state index contributed by atoms with van der Waals surface area (Å²) in [4.78, 5) is 4.74. The van der Waals surface area contributed by atoms with Gasteiger partial charge in [0.2, 0.25) is 0 Å². The van der Waals surface area contributed by atoms with Crippen molar-refractivity contribution in [1.29, 1.82) is 0 Å². The lowest BCUT2D eigenvalue weighted by Gasteiger charge is -2.18. The molecule has 0 atom stereocenters. The number of hydrogen-bond acceptors (Lipinski definition) is 5. The number of likely N-dealkylation sites (N-methyl/N-ethyl adjacent to an activating group) is 2. The molecule has 0 bridgehead atoms. The highest BCUT2D eigenvalue weighted by molar-refractivity contribution is 4.52. The Morgan fingerprint density at radius 3 is 1.33 bits per heavy atom. The quantitative estimate of drug-likeness (QED) is 0.435. The molecule has 0 aliphatic carbocycles.